The third-order valence-corrected chi connectivity index (χ3v) is 3.25. The van der Waals surface area contributed by atoms with Crippen molar-refractivity contribution in [3.63, 3.8) is 0 Å². The SMILES string of the molecule is CC(C)N(CCOCCO)C(=O)Nc1ccc(C#N)c(Cl)c1. The van der Waals surface area contributed by atoms with E-state index in [4.69, 9.17) is 26.7 Å². The Balaban J connectivity index is 2.67. The zero-order valence-electron chi connectivity index (χ0n) is 12.7. The number of carbonyl (C=O) groups is 1. The normalized spacial score (nSPS) is 10.4. The summed E-state index contributed by atoms with van der Waals surface area (Å²) in [4.78, 5) is 13.9. The number of aliphatic hydroxyl groups excluding tert-OH is 1. The molecule has 1 rings (SSSR count). The number of nitriles is 1. The lowest BCUT2D eigenvalue weighted by molar-refractivity contribution is 0.0757. The van der Waals surface area contributed by atoms with Gasteiger partial charge in [-0.05, 0) is 32.0 Å². The molecule has 22 heavy (non-hydrogen) atoms. The average molecular weight is 326 g/mol. The molecule has 0 aromatic heterocycles. The van der Waals surface area contributed by atoms with Gasteiger partial charge in [-0.3, -0.25) is 0 Å². The first-order chi connectivity index (χ1) is 10.5. The Labute approximate surface area is 135 Å². The minimum atomic E-state index is -0.275. The van der Waals surface area contributed by atoms with Crippen LogP contribution in [0.1, 0.15) is 19.4 Å². The van der Waals surface area contributed by atoms with Crippen molar-refractivity contribution < 1.29 is 14.6 Å². The molecule has 1 aromatic carbocycles. The van der Waals surface area contributed by atoms with Gasteiger partial charge < -0.3 is 20.1 Å². The topological polar surface area (TPSA) is 85.6 Å². The van der Waals surface area contributed by atoms with Gasteiger partial charge in [0.1, 0.15) is 6.07 Å². The van der Waals surface area contributed by atoms with Gasteiger partial charge in [0, 0.05) is 18.3 Å². The van der Waals surface area contributed by atoms with E-state index in [2.05, 4.69) is 5.32 Å². The summed E-state index contributed by atoms with van der Waals surface area (Å²) in [6.45, 7) is 4.76. The number of carbonyl (C=O) groups excluding carboxylic acids is 1. The Morgan fingerprint density at radius 3 is 2.77 bits per heavy atom. The number of aliphatic hydroxyl groups is 1. The summed E-state index contributed by atoms with van der Waals surface area (Å²) in [7, 11) is 0. The molecule has 0 radical (unpaired) electrons. The fraction of sp³-hybridized carbons (Fsp3) is 0.467. The Morgan fingerprint density at radius 1 is 1.50 bits per heavy atom. The van der Waals surface area contributed by atoms with Gasteiger partial charge >= 0.3 is 6.03 Å². The van der Waals surface area contributed by atoms with Gasteiger partial charge in [0.15, 0.2) is 0 Å². The molecule has 0 spiro atoms. The highest BCUT2D eigenvalue weighted by Gasteiger charge is 2.17. The van der Waals surface area contributed by atoms with Crippen molar-refractivity contribution in [1.29, 1.82) is 5.26 Å². The Kier molecular flexibility index (Phi) is 7.67. The maximum absolute atomic E-state index is 12.3. The van der Waals surface area contributed by atoms with Crippen molar-refractivity contribution in [3.8, 4) is 6.07 Å². The lowest BCUT2D eigenvalue weighted by Crippen LogP contribution is -2.42. The number of anilines is 1. The lowest BCUT2D eigenvalue weighted by atomic mass is 10.2. The first-order valence-corrected chi connectivity index (χ1v) is 7.33. The zero-order valence-corrected chi connectivity index (χ0v) is 13.4. The minimum absolute atomic E-state index is 0.00780. The van der Waals surface area contributed by atoms with Crippen molar-refractivity contribution in [2.45, 2.75) is 19.9 Å². The van der Waals surface area contributed by atoms with Crippen LogP contribution in [0.3, 0.4) is 0 Å². The van der Waals surface area contributed by atoms with E-state index in [-0.39, 0.29) is 25.3 Å². The third kappa shape index (κ3) is 5.53. The van der Waals surface area contributed by atoms with Gasteiger partial charge in [-0.1, -0.05) is 11.6 Å². The molecule has 1 aromatic rings. The van der Waals surface area contributed by atoms with Gasteiger partial charge in [0.25, 0.3) is 0 Å². The van der Waals surface area contributed by atoms with E-state index in [1.165, 1.54) is 0 Å². The largest absolute Gasteiger partial charge is 0.394 e. The average Bonchev–Trinajstić information content (AvgIpc) is 2.46. The van der Waals surface area contributed by atoms with Gasteiger partial charge in [-0.2, -0.15) is 5.26 Å². The van der Waals surface area contributed by atoms with Crippen LogP contribution in [0, 0.1) is 11.3 Å². The highest BCUT2D eigenvalue weighted by Crippen LogP contribution is 2.20. The number of nitrogens with one attached hydrogen (secondary N) is 1. The van der Waals surface area contributed by atoms with Gasteiger partial charge in [-0.25, -0.2) is 4.79 Å². The summed E-state index contributed by atoms with van der Waals surface area (Å²) in [5, 5.41) is 20.5. The summed E-state index contributed by atoms with van der Waals surface area (Å²) in [5.74, 6) is 0. The number of nitrogens with zero attached hydrogens (tertiary/aromatic N) is 2. The van der Waals surface area contributed by atoms with E-state index in [0.717, 1.165) is 0 Å². The Bertz CT molecular complexity index is 543. The molecule has 0 atom stereocenters. The van der Waals surface area contributed by atoms with Crippen LogP contribution in [0.5, 0.6) is 0 Å². The highest BCUT2D eigenvalue weighted by molar-refractivity contribution is 6.32. The molecule has 0 aliphatic rings. The van der Waals surface area contributed by atoms with E-state index in [1.54, 1.807) is 23.1 Å². The van der Waals surface area contributed by atoms with E-state index < -0.39 is 0 Å². The summed E-state index contributed by atoms with van der Waals surface area (Å²) < 4.78 is 5.18. The molecule has 0 aliphatic carbocycles. The Morgan fingerprint density at radius 2 is 2.23 bits per heavy atom. The van der Waals surface area contributed by atoms with Crippen LogP contribution in [-0.2, 0) is 4.74 Å². The molecule has 0 aliphatic heterocycles. The van der Waals surface area contributed by atoms with Crippen molar-refractivity contribution in [2.75, 3.05) is 31.7 Å². The molecule has 0 saturated carbocycles. The molecule has 7 heteroatoms. The number of halogens is 1. The van der Waals surface area contributed by atoms with Crippen molar-refractivity contribution in [1.82, 2.24) is 4.90 Å². The van der Waals surface area contributed by atoms with Crippen LogP contribution in [0.15, 0.2) is 18.2 Å². The summed E-state index contributed by atoms with van der Waals surface area (Å²) in [6, 6.07) is 6.41. The van der Waals surface area contributed by atoms with Crippen LogP contribution in [-0.4, -0.2) is 48.4 Å². The van der Waals surface area contributed by atoms with E-state index in [9.17, 15) is 4.79 Å². The van der Waals surface area contributed by atoms with Crippen molar-refractivity contribution >= 4 is 23.3 Å². The molecule has 0 heterocycles. The molecule has 2 N–H and O–H groups in total. The van der Waals surface area contributed by atoms with Crippen molar-refractivity contribution in [3.05, 3.63) is 28.8 Å². The fourth-order valence-electron chi connectivity index (χ4n) is 1.80. The van der Waals surface area contributed by atoms with Crippen LogP contribution in [0.4, 0.5) is 10.5 Å². The molecule has 2 amide bonds. The quantitative estimate of drug-likeness (QED) is 0.754. The minimum Gasteiger partial charge on any atom is -0.394 e. The van der Waals surface area contributed by atoms with Crippen molar-refractivity contribution in [2.24, 2.45) is 0 Å². The van der Waals surface area contributed by atoms with Crippen LogP contribution in [0.25, 0.3) is 0 Å². The second-order valence-electron chi connectivity index (χ2n) is 4.86. The molecule has 0 bridgehead atoms. The monoisotopic (exact) mass is 325 g/mol. The highest BCUT2D eigenvalue weighted by atomic mass is 35.5. The molecule has 0 saturated heterocycles. The summed E-state index contributed by atoms with van der Waals surface area (Å²) >= 11 is 5.94. The molecule has 0 fully saturated rings. The van der Waals surface area contributed by atoms with E-state index in [1.807, 2.05) is 19.9 Å². The standard InChI is InChI=1S/C15H20ClN3O3/c1-11(2)19(5-7-22-8-6-20)15(21)18-13-4-3-12(10-17)14(16)9-13/h3-4,9,11,20H,5-8H2,1-2H3,(H,18,21). The smallest absolute Gasteiger partial charge is 0.322 e. The second-order valence-corrected chi connectivity index (χ2v) is 5.27. The number of hydrogen-bond acceptors (Lipinski definition) is 4. The number of ether oxygens (including phenoxy) is 1. The number of rotatable bonds is 7. The molecular formula is C15H20ClN3O3. The Hall–Kier alpha value is -1.81. The summed E-state index contributed by atoms with van der Waals surface area (Å²) in [6.07, 6.45) is 0. The van der Waals surface area contributed by atoms with Gasteiger partial charge in [-0.15, -0.1) is 0 Å². The number of benzene rings is 1. The first-order valence-electron chi connectivity index (χ1n) is 6.95. The first kappa shape index (κ1) is 18.2. The number of amides is 2. The second kappa shape index (κ2) is 9.26. The number of hydrogen-bond donors (Lipinski definition) is 2. The predicted molar refractivity (Wildman–Crippen MR) is 84.9 cm³/mol. The molecule has 6 nitrogen and oxygen atoms in total. The van der Waals surface area contributed by atoms with Crippen LogP contribution >= 0.6 is 11.6 Å². The lowest BCUT2D eigenvalue weighted by Gasteiger charge is -2.27. The summed E-state index contributed by atoms with van der Waals surface area (Å²) in [5.41, 5.74) is 0.883. The third-order valence-electron chi connectivity index (χ3n) is 2.94. The van der Waals surface area contributed by atoms with Gasteiger partial charge in [0.05, 0.1) is 30.4 Å². The maximum Gasteiger partial charge on any atom is 0.322 e. The molecule has 120 valence electrons. The maximum atomic E-state index is 12.3. The number of urea groups is 1. The molecular weight excluding hydrogens is 306 g/mol. The van der Waals surface area contributed by atoms with Gasteiger partial charge in [0.2, 0.25) is 0 Å². The predicted octanol–water partition coefficient (Wildman–Crippen LogP) is 2.46. The zero-order chi connectivity index (χ0) is 16.5. The fourth-order valence-corrected chi connectivity index (χ4v) is 2.03. The van der Waals surface area contributed by atoms with Crippen LogP contribution < -0.4 is 5.32 Å². The molecule has 0 unspecified atom stereocenters. The van der Waals surface area contributed by atoms with E-state index in [0.29, 0.717) is 29.4 Å². The van der Waals surface area contributed by atoms with E-state index >= 15 is 0 Å². The van der Waals surface area contributed by atoms with Crippen LogP contribution in [0.2, 0.25) is 5.02 Å².